The SMILES string of the molecule is Cc1ccc(S(=O)(=O)N(Cc2ccccc2Cl)C(=O)O[C@H]2C[C@@]3(C(C)C)CC[C@]2(C)O3)cc1. The molecule has 0 radical (unpaired) electrons. The van der Waals surface area contributed by atoms with Crippen LogP contribution in [0.1, 0.15) is 51.2 Å². The molecule has 2 aliphatic heterocycles. The van der Waals surface area contributed by atoms with Crippen molar-refractivity contribution in [3.8, 4) is 0 Å². The van der Waals surface area contributed by atoms with Crippen molar-refractivity contribution in [1.82, 2.24) is 4.31 Å². The van der Waals surface area contributed by atoms with Crippen LogP contribution in [-0.4, -0.2) is 36.1 Å². The number of sulfonamides is 1. The highest BCUT2D eigenvalue weighted by atomic mass is 35.5. The second kappa shape index (κ2) is 8.60. The number of aryl methyl sites for hydroxylation is 1. The topological polar surface area (TPSA) is 72.9 Å². The second-order valence-electron chi connectivity index (χ2n) is 9.63. The Morgan fingerprint density at radius 3 is 2.45 bits per heavy atom. The number of carbonyl (C=O) groups is 1. The smallest absolute Gasteiger partial charge is 0.424 e. The summed E-state index contributed by atoms with van der Waals surface area (Å²) in [5.74, 6) is 0.263. The van der Waals surface area contributed by atoms with Crippen molar-refractivity contribution in [2.45, 2.75) is 75.7 Å². The third-order valence-corrected chi connectivity index (χ3v) is 9.17. The molecule has 2 bridgehead atoms. The van der Waals surface area contributed by atoms with E-state index >= 15 is 0 Å². The lowest BCUT2D eigenvalue weighted by atomic mass is 9.75. The first-order valence-corrected chi connectivity index (χ1v) is 13.0. The lowest BCUT2D eigenvalue weighted by Gasteiger charge is -2.32. The standard InChI is InChI=1S/C25H30ClNO5S/c1-17(2)25-14-13-24(4,32-25)22(15-25)31-23(28)27(16-19-7-5-6-8-21(19)26)33(29,30)20-11-9-18(3)10-12-20/h5-12,17,22H,13-16H2,1-4H3/t22-,24-,25+/m0/s1. The molecule has 178 valence electrons. The summed E-state index contributed by atoms with van der Waals surface area (Å²) in [6, 6.07) is 13.2. The molecule has 0 aliphatic carbocycles. The lowest BCUT2D eigenvalue weighted by Crippen LogP contribution is -2.45. The molecular weight excluding hydrogens is 462 g/mol. The molecule has 2 fully saturated rings. The molecule has 33 heavy (non-hydrogen) atoms. The largest absolute Gasteiger partial charge is 0.442 e. The van der Waals surface area contributed by atoms with E-state index < -0.39 is 27.8 Å². The Bertz CT molecular complexity index is 1150. The molecule has 2 saturated heterocycles. The van der Waals surface area contributed by atoms with E-state index in [0.717, 1.165) is 22.7 Å². The molecule has 2 aromatic rings. The van der Waals surface area contributed by atoms with Gasteiger partial charge in [-0.2, -0.15) is 4.31 Å². The molecule has 2 aromatic carbocycles. The molecule has 4 rings (SSSR count). The maximum absolute atomic E-state index is 13.5. The normalized spacial score (nSPS) is 26.5. The fraction of sp³-hybridized carbons (Fsp3) is 0.480. The zero-order valence-corrected chi connectivity index (χ0v) is 20.9. The van der Waals surface area contributed by atoms with Crippen LogP contribution in [0.25, 0.3) is 0 Å². The van der Waals surface area contributed by atoms with Crippen molar-refractivity contribution in [2.75, 3.05) is 0 Å². The van der Waals surface area contributed by atoms with Crippen LogP contribution in [-0.2, 0) is 26.0 Å². The van der Waals surface area contributed by atoms with E-state index in [1.165, 1.54) is 12.1 Å². The first-order chi connectivity index (χ1) is 15.5. The molecule has 2 aliphatic rings. The van der Waals surface area contributed by atoms with Gasteiger partial charge in [0, 0.05) is 11.4 Å². The van der Waals surface area contributed by atoms with Gasteiger partial charge in [-0.3, -0.25) is 0 Å². The molecule has 0 unspecified atom stereocenters. The highest BCUT2D eigenvalue weighted by Crippen LogP contribution is 2.55. The van der Waals surface area contributed by atoms with Crippen molar-refractivity contribution < 1.29 is 22.7 Å². The molecule has 0 saturated carbocycles. The average molecular weight is 492 g/mol. The molecule has 8 heteroatoms. The second-order valence-corrected chi connectivity index (χ2v) is 11.9. The van der Waals surface area contributed by atoms with Gasteiger partial charge in [0.2, 0.25) is 0 Å². The maximum atomic E-state index is 13.5. The predicted molar refractivity (Wildman–Crippen MR) is 127 cm³/mol. The Morgan fingerprint density at radius 2 is 1.85 bits per heavy atom. The van der Waals surface area contributed by atoms with Gasteiger partial charge in [-0.25, -0.2) is 13.2 Å². The summed E-state index contributed by atoms with van der Waals surface area (Å²) in [5.41, 5.74) is 0.466. The van der Waals surface area contributed by atoms with Crippen LogP contribution in [0.2, 0.25) is 5.02 Å². The minimum Gasteiger partial charge on any atom is -0.442 e. The number of ether oxygens (including phenoxy) is 2. The minimum absolute atomic E-state index is 0.0196. The zero-order chi connectivity index (χ0) is 24.0. The molecule has 0 aromatic heterocycles. The van der Waals surface area contributed by atoms with E-state index in [1.807, 2.05) is 13.8 Å². The van der Waals surface area contributed by atoms with Gasteiger partial charge in [-0.1, -0.05) is 61.3 Å². The fourth-order valence-corrected chi connectivity index (χ4v) is 6.26. The van der Waals surface area contributed by atoms with E-state index in [0.29, 0.717) is 17.0 Å². The third-order valence-electron chi connectivity index (χ3n) is 7.07. The van der Waals surface area contributed by atoms with Gasteiger partial charge in [0.1, 0.15) is 11.7 Å². The molecular formula is C25H30ClNO5S. The number of nitrogens with zero attached hydrogens (tertiary/aromatic N) is 1. The number of halogens is 1. The van der Waals surface area contributed by atoms with Crippen molar-refractivity contribution >= 4 is 27.7 Å². The first kappa shape index (κ1) is 24.0. The summed E-state index contributed by atoms with van der Waals surface area (Å²) in [6.45, 7) is 7.78. The lowest BCUT2D eigenvalue weighted by molar-refractivity contribution is -0.0827. The number of hydrogen-bond donors (Lipinski definition) is 0. The van der Waals surface area contributed by atoms with Crippen LogP contribution in [0.4, 0.5) is 4.79 Å². The Labute approximate surface area is 200 Å². The van der Waals surface area contributed by atoms with Crippen LogP contribution >= 0.6 is 11.6 Å². The van der Waals surface area contributed by atoms with Gasteiger partial charge in [0.15, 0.2) is 0 Å². The summed E-state index contributed by atoms with van der Waals surface area (Å²) in [7, 11) is -4.18. The van der Waals surface area contributed by atoms with Crippen LogP contribution in [0.5, 0.6) is 0 Å². The Morgan fingerprint density at radius 1 is 1.18 bits per heavy atom. The predicted octanol–water partition coefficient (Wildman–Crippen LogP) is 5.71. The molecule has 3 atom stereocenters. The van der Waals surface area contributed by atoms with Crippen LogP contribution in [0.15, 0.2) is 53.4 Å². The molecule has 2 heterocycles. The van der Waals surface area contributed by atoms with Crippen molar-refractivity contribution in [3.05, 3.63) is 64.7 Å². The van der Waals surface area contributed by atoms with Gasteiger partial charge >= 0.3 is 6.09 Å². The van der Waals surface area contributed by atoms with Crippen LogP contribution in [0.3, 0.4) is 0 Å². The molecule has 6 nitrogen and oxygen atoms in total. The number of rotatable bonds is 6. The number of fused-ring (bicyclic) bond motifs is 2. The van der Waals surface area contributed by atoms with E-state index in [-0.39, 0.29) is 23.0 Å². The van der Waals surface area contributed by atoms with E-state index in [2.05, 4.69) is 13.8 Å². The van der Waals surface area contributed by atoms with Crippen LogP contribution < -0.4 is 0 Å². The summed E-state index contributed by atoms with van der Waals surface area (Å²) >= 11 is 6.29. The Hall–Kier alpha value is -2.09. The minimum atomic E-state index is -4.18. The van der Waals surface area contributed by atoms with Gasteiger partial charge in [-0.05, 0) is 56.4 Å². The fourth-order valence-electron chi connectivity index (χ4n) is 4.78. The van der Waals surface area contributed by atoms with E-state index in [9.17, 15) is 13.2 Å². The number of hydrogen-bond acceptors (Lipinski definition) is 5. The number of benzene rings is 2. The number of amides is 1. The van der Waals surface area contributed by atoms with Crippen LogP contribution in [0, 0.1) is 12.8 Å². The Balaban J connectivity index is 1.65. The van der Waals surface area contributed by atoms with Crippen molar-refractivity contribution in [3.63, 3.8) is 0 Å². The summed E-state index contributed by atoms with van der Waals surface area (Å²) < 4.78 is 40.1. The van der Waals surface area contributed by atoms with E-state index in [1.54, 1.807) is 36.4 Å². The maximum Gasteiger partial charge on any atom is 0.424 e. The summed E-state index contributed by atoms with van der Waals surface area (Å²) in [5, 5.41) is 0.378. The van der Waals surface area contributed by atoms with Gasteiger partial charge in [0.05, 0.1) is 17.0 Å². The monoisotopic (exact) mass is 491 g/mol. The number of carbonyl (C=O) groups excluding carboxylic acids is 1. The van der Waals surface area contributed by atoms with Gasteiger partial charge in [-0.15, -0.1) is 0 Å². The average Bonchev–Trinajstić information content (AvgIpc) is 3.25. The summed E-state index contributed by atoms with van der Waals surface area (Å²) in [4.78, 5) is 13.4. The molecule has 0 spiro atoms. The zero-order valence-electron chi connectivity index (χ0n) is 19.4. The highest BCUT2D eigenvalue weighted by molar-refractivity contribution is 7.89. The van der Waals surface area contributed by atoms with Gasteiger partial charge < -0.3 is 9.47 Å². The first-order valence-electron chi connectivity index (χ1n) is 11.2. The van der Waals surface area contributed by atoms with Gasteiger partial charge in [0.25, 0.3) is 10.0 Å². The van der Waals surface area contributed by atoms with Crippen molar-refractivity contribution in [2.24, 2.45) is 5.92 Å². The quantitative estimate of drug-likeness (QED) is 0.517. The highest BCUT2D eigenvalue weighted by Gasteiger charge is 2.62. The third kappa shape index (κ3) is 4.38. The molecule has 1 amide bonds. The van der Waals surface area contributed by atoms with Crippen molar-refractivity contribution in [1.29, 1.82) is 0 Å². The van der Waals surface area contributed by atoms with E-state index in [4.69, 9.17) is 21.1 Å². The summed E-state index contributed by atoms with van der Waals surface area (Å²) in [6.07, 6.45) is 0.774. The molecule has 0 N–H and O–H groups in total. The Kier molecular flexibility index (Phi) is 6.27.